The normalized spacial score (nSPS) is 13.4. The second kappa shape index (κ2) is 7.47. The highest BCUT2D eigenvalue weighted by Gasteiger charge is 2.23. The van der Waals surface area contributed by atoms with Crippen molar-refractivity contribution < 1.29 is 9.90 Å². The van der Waals surface area contributed by atoms with Crippen molar-refractivity contribution in [1.29, 1.82) is 0 Å². The zero-order valence-corrected chi connectivity index (χ0v) is 13.7. The van der Waals surface area contributed by atoms with Gasteiger partial charge in [0.1, 0.15) is 5.60 Å². The fourth-order valence-electron chi connectivity index (χ4n) is 2.08. The molecule has 22 heavy (non-hydrogen) atoms. The summed E-state index contributed by atoms with van der Waals surface area (Å²) in [6.45, 7) is 3.93. The summed E-state index contributed by atoms with van der Waals surface area (Å²) in [6.07, 6.45) is 0. The Kier molecular flexibility index (Phi) is 5.63. The summed E-state index contributed by atoms with van der Waals surface area (Å²) in [5.41, 5.74) is 0.892. The number of carbonyl (C=O) groups excluding carboxylic acids is 1. The Morgan fingerprint density at radius 2 is 1.77 bits per heavy atom. The van der Waals surface area contributed by atoms with Crippen molar-refractivity contribution in [3.63, 3.8) is 0 Å². The Hall–Kier alpha value is -1.78. The number of amides is 1. The van der Waals surface area contributed by atoms with Crippen molar-refractivity contribution in [3.05, 3.63) is 65.7 Å². The third-order valence-electron chi connectivity index (χ3n) is 3.48. The first-order chi connectivity index (χ1) is 10.5. The molecular weight excluding hydrogens is 294 g/mol. The van der Waals surface area contributed by atoms with Crippen molar-refractivity contribution in [3.8, 4) is 0 Å². The van der Waals surface area contributed by atoms with E-state index in [1.54, 1.807) is 6.92 Å². The largest absolute Gasteiger partial charge is 0.384 e. The van der Waals surface area contributed by atoms with Crippen molar-refractivity contribution in [2.45, 2.75) is 24.3 Å². The van der Waals surface area contributed by atoms with Crippen LogP contribution in [0.1, 0.15) is 18.1 Å². The molecule has 0 saturated carbocycles. The van der Waals surface area contributed by atoms with E-state index in [-0.39, 0.29) is 12.5 Å². The summed E-state index contributed by atoms with van der Waals surface area (Å²) >= 11 is 1.51. The van der Waals surface area contributed by atoms with Gasteiger partial charge in [-0.25, -0.2) is 0 Å². The van der Waals surface area contributed by atoms with Crippen molar-refractivity contribution in [2.75, 3.05) is 12.3 Å². The molecule has 0 bridgehead atoms. The summed E-state index contributed by atoms with van der Waals surface area (Å²) < 4.78 is 0. The molecule has 2 N–H and O–H groups in total. The van der Waals surface area contributed by atoms with Gasteiger partial charge in [-0.05, 0) is 31.0 Å². The Balaban J connectivity index is 1.84. The van der Waals surface area contributed by atoms with Crippen LogP contribution in [-0.2, 0) is 10.4 Å². The predicted octanol–water partition coefficient (Wildman–Crippen LogP) is 3.11. The van der Waals surface area contributed by atoms with Crippen LogP contribution in [0, 0.1) is 6.92 Å². The second-order valence-corrected chi connectivity index (χ2v) is 6.49. The number of thioether (sulfide) groups is 1. The number of rotatable bonds is 6. The first kappa shape index (κ1) is 16.6. The fourth-order valence-corrected chi connectivity index (χ4v) is 2.94. The zero-order valence-electron chi connectivity index (χ0n) is 12.9. The van der Waals surface area contributed by atoms with E-state index in [1.807, 2.05) is 61.5 Å². The molecule has 116 valence electrons. The molecule has 2 aromatic rings. The van der Waals surface area contributed by atoms with Crippen LogP contribution in [0.4, 0.5) is 0 Å². The Morgan fingerprint density at radius 1 is 1.14 bits per heavy atom. The van der Waals surface area contributed by atoms with Gasteiger partial charge in [-0.2, -0.15) is 0 Å². The van der Waals surface area contributed by atoms with Gasteiger partial charge in [0.25, 0.3) is 0 Å². The van der Waals surface area contributed by atoms with Crippen LogP contribution < -0.4 is 5.32 Å². The van der Waals surface area contributed by atoms with Crippen LogP contribution in [0.2, 0.25) is 0 Å². The molecule has 0 fully saturated rings. The molecular formula is C18H21NO2S. The molecule has 3 nitrogen and oxygen atoms in total. The molecule has 1 atom stereocenters. The molecule has 0 spiro atoms. The smallest absolute Gasteiger partial charge is 0.230 e. The first-order valence-corrected chi connectivity index (χ1v) is 8.20. The van der Waals surface area contributed by atoms with Crippen LogP contribution >= 0.6 is 11.8 Å². The van der Waals surface area contributed by atoms with E-state index in [2.05, 4.69) is 5.32 Å². The Morgan fingerprint density at radius 3 is 2.45 bits per heavy atom. The molecule has 0 aliphatic rings. The highest BCUT2D eigenvalue weighted by molar-refractivity contribution is 8.00. The van der Waals surface area contributed by atoms with Gasteiger partial charge in [0.15, 0.2) is 0 Å². The molecule has 1 unspecified atom stereocenters. The molecule has 0 aliphatic carbocycles. The van der Waals surface area contributed by atoms with E-state index in [1.165, 1.54) is 11.8 Å². The number of aliphatic hydroxyl groups is 1. The first-order valence-electron chi connectivity index (χ1n) is 7.22. The maximum atomic E-state index is 12.0. The molecule has 1 amide bonds. The fraction of sp³-hybridized carbons (Fsp3) is 0.278. The quantitative estimate of drug-likeness (QED) is 0.805. The van der Waals surface area contributed by atoms with E-state index < -0.39 is 5.60 Å². The lowest BCUT2D eigenvalue weighted by Gasteiger charge is -2.24. The van der Waals surface area contributed by atoms with Crippen LogP contribution in [0.5, 0.6) is 0 Å². The minimum absolute atomic E-state index is 0.0792. The minimum Gasteiger partial charge on any atom is -0.384 e. The van der Waals surface area contributed by atoms with E-state index in [0.717, 1.165) is 16.0 Å². The molecule has 0 aromatic heterocycles. The molecule has 0 aliphatic heterocycles. The third-order valence-corrected chi connectivity index (χ3v) is 4.65. The van der Waals surface area contributed by atoms with E-state index in [4.69, 9.17) is 0 Å². The average molecular weight is 315 g/mol. The predicted molar refractivity (Wildman–Crippen MR) is 90.9 cm³/mol. The van der Waals surface area contributed by atoms with Gasteiger partial charge in [0, 0.05) is 4.90 Å². The topological polar surface area (TPSA) is 49.3 Å². The zero-order chi connectivity index (χ0) is 16.0. The lowest BCUT2D eigenvalue weighted by atomic mass is 9.96. The van der Waals surface area contributed by atoms with Gasteiger partial charge < -0.3 is 10.4 Å². The molecule has 4 heteroatoms. The van der Waals surface area contributed by atoms with Crippen LogP contribution in [0.25, 0.3) is 0 Å². The maximum Gasteiger partial charge on any atom is 0.230 e. The van der Waals surface area contributed by atoms with Crippen LogP contribution in [0.15, 0.2) is 59.5 Å². The number of aryl methyl sites for hydroxylation is 1. The second-order valence-electron chi connectivity index (χ2n) is 5.47. The molecule has 2 rings (SSSR count). The van der Waals surface area contributed by atoms with Gasteiger partial charge in [-0.1, -0.05) is 48.5 Å². The van der Waals surface area contributed by atoms with E-state index in [9.17, 15) is 9.90 Å². The number of hydrogen-bond acceptors (Lipinski definition) is 3. The minimum atomic E-state index is -1.07. The van der Waals surface area contributed by atoms with Gasteiger partial charge in [-0.15, -0.1) is 11.8 Å². The molecule has 0 heterocycles. The monoisotopic (exact) mass is 315 g/mol. The summed E-state index contributed by atoms with van der Waals surface area (Å²) in [5, 5.41) is 13.2. The van der Waals surface area contributed by atoms with E-state index >= 15 is 0 Å². The summed E-state index contributed by atoms with van der Waals surface area (Å²) in [4.78, 5) is 13.1. The van der Waals surface area contributed by atoms with Gasteiger partial charge in [0.2, 0.25) is 5.91 Å². The van der Waals surface area contributed by atoms with Crippen LogP contribution in [-0.4, -0.2) is 23.3 Å². The molecule has 0 radical (unpaired) electrons. The maximum absolute atomic E-state index is 12.0. The van der Waals surface area contributed by atoms with Crippen molar-refractivity contribution in [1.82, 2.24) is 5.32 Å². The molecule has 2 aromatic carbocycles. The van der Waals surface area contributed by atoms with E-state index in [0.29, 0.717) is 5.75 Å². The Bertz CT molecular complexity index is 626. The number of carbonyl (C=O) groups is 1. The highest BCUT2D eigenvalue weighted by Crippen LogP contribution is 2.22. The van der Waals surface area contributed by atoms with Gasteiger partial charge in [0.05, 0.1) is 12.3 Å². The van der Waals surface area contributed by atoms with Crippen LogP contribution in [0.3, 0.4) is 0 Å². The highest BCUT2D eigenvalue weighted by atomic mass is 32.2. The van der Waals surface area contributed by atoms with Gasteiger partial charge in [-0.3, -0.25) is 4.79 Å². The third kappa shape index (κ3) is 4.61. The summed E-state index contributed by atoms with van der Waals surface area (Å²) in [7, 11) is 0. The number of benzene rings is 2. The molecule has 0 saturated heterocycles. The van der Waals surface area contributed by atoms with Gasteiger partial charge >= 0.3 is 0 Å². The SMILES string of the molecule is Cc1ccccc1SCC(=O)NCC(C)(O)c1ccccc1. The standard InChI is InChI=1S/C18H21NO2S/c1-14-8-6-7-11-16(14)22-12-17(20)19-13-18(2,21)15-9-4-3-5-10-15/h3-11,21H,12-13H2,1-2H3,(H,19,20). The van der Waals surface area contributed by atoms with Crippen molar-refractivity contribution >= 4 is 17.7 Å². The van der Waals surface area contributed by atoms with Crippen molar-refractivity contribution in [2.24, 2.45) is 0 Å². The Labute approximate surface area is 135 Å². The number of nitrogens with one attached hydrogen (secondary N) is 1. The lowest BCUT2D eigenvalue weighted by Crippen LogP contribution is -2.39. The summed E-state index contributed by atoms with van der Waals surface area (Å²) in [5.74, 6) is 0.264. The average Bonchev–Trinajstić information content (AvgIpc) is 2.53. The summed E-state index contributed by atoms with van der Waals surface area (Å²) in [6, 6.07) is 17.3. The number of hydrogen-bond donors (Lipinski definition) is 2. The lowest BCUT2D eigenvalue weighted by molar-refractivity contribution is -0.119.